The lowest BCUT2D eigenvalue weighted by Gasteiger charge is -2.19. The quantitative estimate of drug-likeness (QED) is 0.811. The van der Waals surface area contributed by atoms with E-state index in [9.17, 15) is 22.7 Å². The van der Waals surface area contributed by atoms with Crippen LogP contribution in [0, 0.1) is 5.82 Å². The molecule has 0 saturated carbocycles. The average Bonchev–Trinajstić information content (AvgIpc) is 2.17. The van der Waals surface area contributed by atoms with Gasteiger partial charge in [-0.25, -0.2) is 4.39 Å². The Morgan fingerprint density at radius 3 is 2.41 bits per heavy atom. The molecule has 1 rings (SSSR count). The fourth-order valence-corrected chi connectivity index (χ4v) is 1.25. The van der Waals surface area contributed by atoms with Gasteiger partial charge in [-0.05, 0) is 25.1 Å². The second kappa shape index (κ2) is 4.89. The van der Waals surface area contributed by atoms with Gasteiger partial charge in [0.1, 0.15) is 11.6 Å². The van der Waals surface area contributed by atoms with Crippen LogP contribution in [0.15, 0.2) is 18.2 Å². The van der Waals surface area contributed by atoms with Crippen molar-refractivity contribution in [2.75, 3.05) is 0 Å². The van der Waals surface area contributed by atoms with Crippen LogP contribution in [0.5, 0.6) is 5.75 Å². The molecule has 0 amide bonds. The predicted octanol–water partition coefficient (Wildman–Crippen LogP) is 2.10. The van der Waals surface area contributed by atoms with Gasteiger partial charge in [-0.2, -0.15) is 0 Å². The molecule has 0 aromatic heterocycles. The molecule has 7 heteroatoms. The summed E-state index contributed by atoms with van der Waals surface area (Å²) >= 11 is 0. The minimum absolute atomic E-state index is 0.336. The number of ether oxygens (including phenoxy) is 1. The lowest BCUT2D eigenvalue weighted by atomic mass is 10.0. The van der Waals surface area contributed by atoms with E-state index in [0.29, 0.717) is 0 Å². The van der Waals surface area contributed by atoms with E-state index in [0.717, 1.165) is 18.2 Å². The van der Waals surface area contributed by atoms with Gasteiger partial charge in [0, 0.05) is 11.6 Å². The fraction of sp³-hybridized carbons (Fsp3) is 0.400. The Labute approximate surface area is 94.8 Å². The summed E-state index contributed by atoms with van der Waals surface area (Å²) in [4.78, 5) is 0. The summed E-state index contributed by atoms with van der Waals surface area (Å²) < 4.78 is 52.8. The smallest absolute Gasteiger partial charge is 0.405 e. The van der Waals surface area contributed by atoms with Crippen LogP contribution in [0.3, 0.4) is 0 Å². The van der Waals surface area contributed by atoms with Crippen molar-refractivity contribution in [2.45, 2.75) is 25.4 Å². The van der Waals surface area contributed by atoms with Gasteiger partial charge in [0.15, 0.2) is 0 Å². The summed E-state index contributed by atoms with van der Waals surface area (Å²) in [6.07, 6.45) is -6.35. The van der Waals surface area contributed by atoms with Gasteiger partial charge >= 0.3 is 6.36 Å². The molecule has 1 aromatic rings. The van der Waals surface area contributed by atoms with Crippen LogP contribution in [-0.4, -0.2) is 17.5 Å². The Hall–Kier alpha value is -1.34. The van der Waals surface area contributed by atoms with Crippen LogP contribution in [0.4, 0.5) is 17.6 Å². The van der Waals surface area contributed by atoms with E-state index in [1.165, 1.54) is 6.92 Å². The molecule has 3 nitrogen and oxygen atoms in total. The second-order valence-corrected chi connectivity index (χ2v) is 3.53. The van der Waals surface area contributed by atoms with E-state index < -0.39 is 30.1 Å². The van der Waals surface area contributed by atoms with E-state index >= 15 is 0 Å². The third-order valence-corrected chi connectivity index (χ3v) is 2.01. The van der Waals surface area contributed by atoms with Gasteiger partial charge in [-0.1, -0.05) is 0 Å². The standard InChI is InChI=1S/C10H11F4NO2/c1-5(15)9(16)7-4-6(11)2-3-8(7)17-10(12,13)14/h2-5,9,16H,15H2,1H3/t5-,9-/m1/s1. The maximum Gasteiger partial charge on any atom is 0.573 e. The fourth-order valence-electron chi connectivity index (χ4n) is 1.25. The summed E-state index contributed by atoms with van der Waals surface area (Å²) in [5.41, 5.74) is 5.01. The molecule has 0 heterocycles. The molecule has 1 aromatic carbocycles. The molecule has 0 radical (unpaired) electrons. The van der Waals surface area contributed by atoms with Crippen LogP contribution in [0.2, 0.25) is 0 Å². The highest BCUT2D eigenvalue weighted by atomic mass is 19.4. The van der Waals surface area contributed by atoms with E-state index in [-0.39, 0.29) is 5.56 Å². The van der Waals surface area contributed by atoms with Crippen molar-refractivity contribution < 1.29 is 27.4 Å². The Bertz CT molecular complexity index is 392. The summed E-state index contributed by atoms with van der Waals surface area (Å²) in [6.45, 7) is 1.38. The van der Waals surface area contributed by atoms with Crippen LogP contribution < -0.4 is 10.5 Å². The highest BCUT2D eigenvalue weighted by Crippen LogP contribution is 2.31. The normalized spacial score (nSPS) is 15.5. The van der Waals surface area contributed by atoms with E-state index in [2.05, 4.69) is 4.74 Å². The van der Waals surface area contributed by atoms with Gasteiger partial charge in [-0.15, -0.1) is 13.2 Å². The second-order valence-electron chi connectivity index (χ2n) is 3.53. The number of halogens is 4. The minimum atomic E-state index is -4.91. The Morgan fingerprint density at radius 1 is 1.35 bits per heavy atom. The van der Waals surface area contributed by atoms with E-state index in [4.69, 9.17) is 5.73 Å². The van der Waals surface area contributed by atoms with Crippen molar-refractivity contribution >= 4 is 0 Å². The van der Waals surface area contributed by atoms with Crippen molar-refractivity contribution in [3.05, 3.63) is 29.6 Å². The average molecular weight is 253 g/mol. The van der Waals surface area contributed by atoms with Crippen LogP contribution >= 0.6 is 0 Å². The summed E-state index contributed by atoms with van der Waals surface area (Å²) in [7, 11) is 0. The molecule has 17 heavy (non-hydrogen) atoms. The van der Waals surface area contributed by atoms with Crippen molar-refractivity contribution in [3.8, 4) is 5.75 Å². The first-order chi connectivity index (χ1) is 7.70. The third kappa shape index (κ3) is 3.86. The lowest BCUT2D eigenvalue weighted by Crippen LogP contribution is -2.26. The summed E-state index contributed by atoms with van der Waals surface area (Å²) in [6, 6.07) is 1.50. The molecule has 0 aliphatic rings. The first-order valence-corrected chi connectivity index (χ1v) is 4.69. The number of hydrogen-bond donors (Lipinski definition) is 2. The van der Waals surface area contributed by atoms with Gasteiger partial charge in [-0.3, -0.25) is 0 Å². The lowest BCUT2D eigenvalue weighted by molar-refractivity contribution is -0.275. The number of hydrogen-bond acceptors (Lipinski definition) is 3. The predicted molar refractivity (Wildman–Crippen MR) is 51.7 cm³/mol. The highest BCUT2D eigenvalue weighted by molar-refractivity contribution is 5.36. The van der Waals surface area contributed by atoms with Crippen molar-refractivity contribution in [2.24, 2.45) is 5.73 Å². The number of alkyl halides is 3. The number of benzene rings is 1. The SMILES string of the molecule is C[C@@H](N)[C@@H](O)c1cc(F)ccc1OC(F)(F)F. The highest BCUT2D eigenvalue weighted by Gasteiger charge is 2.33. The zero-order valence-corrected chi connectivity index (χ0v) is 8.83. The van der Waals surface area contributed by atoms with Gasteiger partial charge in [0.25, 0.3) is 0 Å². The molecule has 0 bridgehead atoms. The maximum absolute atomic E-state index is 12.9. The number of aliphatic hydroxyl groups is 1. The number of aliphatic hydroxyl groups excluding tert-OH is 1. The van der Waals surface area contributed by atoms with Gasteiger partial charge in [0.05, 0.1) is 6.10 Å². The number of rotatable bonds is 3. The van der Waals surface area contributed by atoms with Crippen LogP contribution in [0.25, 0.3) is 0 Å². The van der Waals surface area contributed by atoms with Crippen LogP contribution in [0.1, 0.15) is 18.6 Å². The van der Waals surface area contributed by atoms with Crippen LogP contribution in [-0.2, 0) is 0 Å². The maximum atomic E-state index is 12.9. The first kappa shape index (κ1) is 13.7. The first-order valence-electron chi connectivity index (χ1n) is 4.69. The molecule has 0 saturated heterocycles. The molecule has 0 aliphatic heterocycles. The minimum Gasteiger partial charge on any atom is -0.405 e. The Kier molecular flexibility index (Phi) is 3.94. The Balaban J connectivity index is 3.12. The van der Waals surface area contributed by atoms with Crippen molar-refractivity contribution in [3.63, 3.8) is 0 Å². The topological polar surface area (TPSA) is 55.5 Å². The monoisotopic (exact) mass is 253 g/mol. The zero-order chi connectivity index (χ0) is 13.2. The molecule has 0 fully saturated rings. The largest absolute Gasteiger partial charge is 0.573 e. The Morgan fingerprint density at radius 2 is 1.94 bits per heavy atom. The molecule has 2 atom stereocenters. The molecule has 3 N–H and O–H groups in total. The van der Waals surface area contributed by atoms with Crippen molar-refractivity contribution in [1.29, 1.82) is 0 Å². The summed E-state index contributed by atoms with van der Waals surface area (Å²) in [5, 5.41) is 9.56. The molecular formula is C10H11F4NO2. The van der Waals surface area contributed by atoms with Gasteiger partial charge in [0.2, 0.25) is 0 Å². The number of nitrogens with two attached hydrogens (primary N) is 1. The van der Waals surface area contributed by atoms with E-state index in [1.807, 2.05) is 0 Å². The summed E-state index contributed by atoms with van der Waals surface area (Å²) in [5.74, 6) is -1.45. The third-order valence-electron chi connectivity index (χ3n) is 2.01. The van der Waals surface area contributed by atoms with Crippen molar-refractivity contribution in [1.82, 2.24) is 0 Å². The molecule has 96 valence electrons. The molecular weight excluding hydrogens is 242 g/mol. The molecule has 0 spiro atoms. The zero-order valence-electron chi connectivity index (χ0n) is 8.83. The molecule has 0 aliphatic carbocycles. The van der Waals surface area contributed by atoms with Gasteiger partial charge < -0.3 is 15.6 Å². The van der Waals surface area contributed by atoms with E-state index in [1.54, 1.807) is 0 Å². The molecule has 0 unspecified atom stereocenters.